The minimum atomic E-state index is -0.207. The topological polar surface area (TPSA) is 100 Å². The van der Waals surface area contributed by atoms with Gasteiger partial charge >= 0.3 is 0 Å². The molecule has 7 heteroatoms. The maximum Gasteiger partial charge on any atom is 0.251 e. The van der Waals surface area contributed by atoms with Gasteiger partial charge in [-0.25, -0.2) is 0 Å². The average molecular weight is 306 g/mol. The summed E-state index contributed by atoms with van der Waals surface area (Å²) in [6.07, 6.45) is 0.704. The van der Waals surface area contributed by atoms with E-state index in [9.17, 15) is 9.90 Å². The quantitative estimate of drug-likeness (QED) is 0.409. The van der Waals surface area contributed by atoms with E-state index in [1.54, 1.807) is 12.1 Å². The Morgan fingerprint density at radius 1 is 1.41 bits per heavy atom. The van der Waals surface area contributed by atoms with Crippen molar-refractivity contribution in [2.45, 2.75) is 6.42 Å². The fourth-order valence-electron chi connectivity index (χ4n) is 2.12. The lowest BCUT2D eigenvalue weighted by atomic mass is 10.2. The summed E-state index contributed by atoms with van der Waals surface area (Å²) < 4.78 is 5.25. The van der Waals surface area contributed by atoms with Crippen LogP contribution in [-0.4, -0.2) is 61.3 Å². The number of morpholine rings is 1. The van der Waals surface area contributed by atoms with Crippen LogP contribution >= 0.6 is 0 Å². The number of nitrogens with two attached hydrogens (primary N) is 1. The van der Waals surface area contributed by atoms with Crippen molar-refractivity contribution in [3.63, 3.8) is 0 Å². The highest BCUT2D eigenvalue weighted by Crippen LogP contribution is 2.10. The van der Waals surface area contributed by atoms with Crippen molar-refractivity contribution in [3.05, 3.63) is 29.8 Å². The van der Waals surface area contributed by atoms with Crippen LogP contribution in [0.3, 0.4) is 0 Å². The highest BCUT2D eigenvalue weighted by Gasteiger charge is 2.11. The molecule has 1 aromatic carbocycles. The Balaban J connectivity index is 1.67. The normalized spacial score (nSPS) is 15.6. The minimum Gasteiger partial charge on any atom is -0.508 e. The first kappa shape index (κ1) is 16.1. The number of nitrogens with zero attached hydrogens (tertiary/aromatic N) is 2. The number of phenolic OH excluding ortho intramolecular Hbond substituents is 1. The molecular formula is C15H22N4O3. The summed E-state index contributed by atoms with van der Waals surface area (Å²) in [5.74, 6) is 0.402. The molecule has 1 aromatic rings. The highest BCUT2D eigenvalue weighted by molar-refractivity contribution is 5.94. The lowest BCUT2D eigenvalue weighted by Gasteiger charge is -2.27. The number of hydrogen-bond acceptors (Lipinski definition) is 4. The number of aliphatic imine (C=N–C) groups is 1. The number of guanidine groups is 1. The molecule has 0 atom stereocenters. The molecule has 1 fully saturated rings. The van der Waals surface area contributed by atoms with E-state index in [1.165, 1.54) is 12.1 Å². The zero-order valence-corrected chi connectivity index (χ0v) is 12.5. The Bertz CT molecular complexity index is 527. The van der Waals surface area contributed by atoms with Gasteiger partial charge in [0.1, 0.15) is 5.75 Å². The second-order valence-electron chi connectivity index (χ2n) is 5.00. The van der Waals surface area contributed by atoms with Crippen molar-refractivity contribution in [1.29, 1.82) is 0 Å². The van der Waals surface area contributed by atoms with Crippen molar-refractivity contribution >= 4 is 11.9 Å². The lowest BCUT2D eigenvalue weighted by molar-refractivity contribution is 0.0674. The Morgan fingerprint density at radius 3 is 2.91 bits per heavy atom. The second kappa shape index (κ2) is 8.23. The van der Waals surface area contributed by atoms with Gasteiger partial charge in [0.25, 0.3) is 5.91 Å². The maximum absolute atomic E-state index is 11.8. The molecule has 1 aliphatic rings. The van der Waals surface area contributed by atoms with Gasteiger partial charge in [-0.1, -0.05) is 6.07 Å². The fourth-order valence-corrected chi connectivity index (χ4v) is 2.12. The molecule has 7 nitrogen and oxygen atoms in total. The van der Waals surface area contributed by atoms with Gasteiger partial charge in [-0.2, -0.15) is 0 Å². The van der Waals surface area contributed by atoms with E-state index < -0.39 is 0 Å². The van der Waals surface area contributed by atoms with Crippen molar-refractivity contribution in [1.82, 2.24) is 10.2 Å². The molecule has 4 N–H and O–H groups in total. The number of aromatic hydroxyl groups is 1. The van der Waals surface area contributed by atoms with E-state index in [-0.39, 0.29) is 11.7 Å². The van der Waals surface area contributed by atoms with E-state index in [1.807, 2.05) is 4.90 Å². The fraction of sp³-hybridized carbons (Fsp3) is 0.467. The maximum atomic E-state index is 11.8. The zero-order chi connectivity index (χ0) is 15.8. The van der Waals surface area contributed by atoms with E-state index in [0.717, 1.165) is 13.1 Å². The number of carbonyl (C=O) groups is 1. The highest BCUT2D eigenvalue weighted by atomic mass is 16.5. The standard InChI is InChI=1S/C15H22N4O3/c16-15(19-7-9-22-10-8-19)18-6-2-5-17-14(21)12-3-1-4-13(20)11-12/h1,3-4,11,20H,2,5-10H2,(H2,16,18)(H,17,21). The summed E-state index contributed by atoms with van der Waals surface area (Å²) in [7, 11) is 0. The predicted octanol–water partition coefficient (Wildman–Crippen LogP) is 0.159. The van der Waals surface area contributed by atoms with Gasteiger partial charge in [-0.3, -0.25) is 9.79 Å². The molecule has 1 amide bonds. The Hall–Kier alpha value is -2.28. The smallest absolute Gasteiger partial charge is 0.251 e. The van der Waals surface area contributed by atoms with Crippen LogP contribution in [0.25, 0.3) is 0 Å². The third-order valence-electron chi connectivity index (χ3n) is 3.34. The van der Waals surface area contributed by atoms with E-state index in [4.69, 9.17) is 10.5 Å². The first-order valence-corrected chi connectivity index (χ1v) is 7.36. The molecule has 1 saturated heterocycles. The predicted molar refractivity (Wildman–Crippen MR) is 83.9 cm³/mol. The first-order chi connectivity index (χ1) is 10.7. The largest absolute Gasteiger partial charge is 0.508 e. The van der Waals surface area contributed by atoms with Gasteiger partial charge in [0, 0.05) is 31.7 Å². The summed E-state index contributed by atoms with van der Waals surface area (Å²) in [5.41, 5.74) is 6.34. The lowest BCUT2D eigenvalue weighted by Crippen LogP contribution is -2.44. The molecule has 22 heavy (non-hydrogen) atoms. The SMILES string of the molecule is NC(=NCCCNC(=O)c1cccc(O)c1)N1CCOCC1. The second-order valence-corrected chi connectivity index (χ2v) is 5.00. The molecule has 0 bridgehead atoms. The molecule has 0 aromatic heterocycles. The molecule has 1 aliphatic heterocycles. The molecule has 2 rings (SSSR count). The number of benzene rings is 1. The van der Waals surface area contributed by atoms with Crippen molar-refractivity contribution < 1.29 is 14.6 Å². The van der Waals surface area contributed by atoms with Crippen LogP contribution in [0.15, 0.2) is 29.3 Å². The van der Waals surface area contributed by atoms with Gasteiger partial charge in [-0.05, 0) is 24.6 Å². The van der Waals surface area contributed by atoms with Crippen molar-refractivity contribution in [2.24, 2.45) is 10.7 Å². The van der Waals surface area contributed by atoms with Crippen LogP contribution in [-0.2, 0) is 4.74 Å². The monoisotopic (exact) mass is 306 g/mol. The van der Waals surface area contributed by atoms with Gasteiger partial charge in [0.2, 0.25) is 0 Å². The molecule has 0 unspecified atom stereocenters. The molecule has 1 heterocycles. The number of rotatable bonds is 5. The summed E-state index contributed by atoms with van der Waals surface area (Å²) in [5, 5.41) is 12.1. The first-order valence-electron chi connectivity index (χ1n) is 7.36. The number of nitrogens with one attached hydrogen (secondary N) is 1. The van der Waals surface area contributed by atoms with Gasteiger partial charge in [0.15, 0.2) is 5.96 Å². The number of amides is 1. The molecule has 0 saturated carbocycles. The third-order valence-corrected chi connectivity index (χ3v) is 3.34. The summed E-state index contributed by atoms with van der Waals surface area (Å²) in [6.45, 7) is 3.96. The minimum absolute atomic E-state index is 0.0792. The van der Waals surface area contributed by atoms with Crippen LogP contribution in [0.1, 0.15) is 16.8 Å². The van der Waals surface area contributed by atoms with Gasteiger partial charge < -0.3 is 25.8 Å². The summed E-state index contributed by atoms with van der Waals surface area (Å²) in [4.78, 5) is 18.1. The number of hydrogen-bond donors (Lipinski definition) is 3. The average Bonchev–Trinajstić information content (AvgIpc) is 2.55. The van der Waals surface area contributed by atoms with Crippen molar-refractivity contribution in [3.8, 4) is 5.75 Å². The van der Waals surface area contributed by atoms with E-state index in [2.05, 4.69) is 10.3 Å². The summed E-state index contributed by atoms with van der Waals surface area (Å²) in [6, 6.07) is 6.25. The molecule has 0 radical (unpaired) electrons. The van der Waals surface area contributed by atoms with Crippen LogP contribution in [0.4, 0.5) is 0 Å². The van der Waals surface area contributed by atoms with Gasteiger partial charge in [-0.15, -0.1) is 0 Å². The van der Waals surface area contributed by atoms with Gasteiger partial charge in [0.05, 0.1) is 13.2 Å². The molecule has 0 spiro atoms. The zero-order valence-electron chi connectivity index (χ0n) is 12.5. The number of carbonyl (C=O) groups excluding carboxylic acids is 1. The molecule has 120 valence electrons. The van der Waals surface area contributed by atoms with E-state index in [0.29, 0.717) is 44.2 Å². The third kappa shape index (κ3) is 4.92. The Morgan fingerprint density at radius 2 is 2.18 bits per heavy atom. The number of phenols is 1. The Kier molecular flexibility index (Phi) is 6.02. The van der Waals surface area contributed by atoms with Crippen molar-refractivity contribution in [2.75, 3.05) is 39.4 Å². The number of ether oxygens (including phenoxy) is 1. The Labute approximate surface area is 129 Å². The van der Waals surface area contributed by atoms with Crippen LogP contribution in [0, 0.1) is 0 Å². The van der Waals surface area contributed by atoms with Crippen LogP contribution in [0.5, 0.6) is 5.75 Å². The molecule has 0 aliphatic carbocycles. The van der Waals surface area contributed by atoms with Crippen LogP contribution < -0.4 is 11.1 Å². The summed E-state index contributed by atoms with van der Waals surface area (Å²) >= 11 is 0. The van der Waals surface area contributed by atoms with E-state index >= 15 is 0 Å². The molecular weight excluding hydrogens is 284 g/mol. The van der Waals surface area contributed by atoms with Crippen LogP contribution in [0.2, 0.25) is 0 Å².